The molecule has 0 aliphatic rings. The Morgan fingerprint density at radius 2 is 1.71 bits per heavy atom. The van der Waals surface area contributed by atoms with E-state index in [4.69, 9.17) is 4.74 Å². The van der Waals surface area contributed by atoms with Crippen molar-refractivity contribution in [3.63, 3.8) is 0 Å². The van der Waals surface area contributed by atoms with Gasteiger partial charge in [0, 0.05) is 12.1 Å². The molecule has 0 atom stereocenters. The van der Waals surface area contributed by atoms with Crippen LogP contribution in [0.15, 0.2) is 48.5 Å². The summed E-state index contributed by atoms with van der Waals surface area (Å²) in [6, 6.07) is 15.6. The molecule has 0 unspecified atom stereocenters. The van der Waals surface area contributed by atoms with Gasteiger partial charge in [-0.1, -0.05) is 35.4 Å². The van der Waals surface area contributed by atoms with Crippen LogP contribution in [0.3, 0.4) is 0 Å². The van der Waals surface area contributed by atoms with Gasteiger partial charge in [0.15, 0.2) is 0 Å². The van der Waals surface area contributed by atoms with Crippen molar-refractivity contribution >= 4 is 5.91 Å². The Morgan fingerprint density at radius 1 is 1.05 bits per heavy atom. The van der Waals surface area contributed by atoms with E-state index in [9.17, 15) is 4.79 Å². The molecule has 3 heteroatoms. The Labute approximate surface area is 126 Å². The van der Waals surface area contributed by atoms with Gasteiger partial charge in [0.2, 0.25) is 0 Å². The SMILES string of the molecule is Cc1cc(C)cc(C(=O)NCCCOc2ccccc2)c1. The molecule has 0 aliphatic heterocycles. The lowest BCUT2D eigenvalue weighted by Crippen LogP contribution is -2.25. The molecule has 3 nitrogen and oxygen atoms in total. The zero-order valence-corrected chi connectivity index (χ0v) is 12.6. The van der Waals surface area contributed by atoms with Crippen LogP contribution < -0.4 is 10.1 Å². The maximum atomic E-state index is 12.0. The summed E-state index contributed by atoms with van der Waals surface area (Å²) in [6.45, 7) is 5.20. The van der Waals surface area contributed by atoms with Crippen LogP contribution in [0.4, 0.5) is 0 Å². The van der Waals surface area contributed by atoms with Gasteiger partial charge < -0.3 is 10.1 Å². The Hall–Kier alpha value is -2.29. The molecular formula is C18H21NO2. The number of benzene rings is 2. The largest absolute Gasteiger partial charge is 0.494 e. The van der Waals surface area contributed by atoms with Crippen molar-refractivity contribution < 1.29 is 9.53 Å². The van der Waals surface area contributed by atoms with Gasteiger partial charge in [0.1, 0.15) is 5.75 Å². The topological polar surface area (TPSA) is 38.3 Å². The summed E-state index contributed by atoms with van der Waals surface area (Å²) in [7, 11) is 0. The summed E-state index contributed by atoms with van der Waals surface area (Å²) in [5, 5.41) is 2.92. The molecule has 0 spiro atoms. The van der Waals surface area contributed by atoms with Gasteiger partial charge in [0.05, 0.1) is 6.61 Å². The monoisotopic (exact) mass is 283 g/mol. The number of amides is 1. The second kappa shape index (κ2) is 7.48. The lowest BCUT2D eigenvalue weighted by molar-refractivity contribution is 0.0951. The Bertz CT molecular complexity index is 573. The molecule has 2 aromatic carbocycles. The highest BCUT2D eigenvalue weighted by molar-refractivity contribution is 5.94. The van der Waals surface area contributed by atoms with E-state index >= 15 is 0 Å². The number of rotatable bonds is 6. The zero-order valence-electron chi connectivity index (χ0n) is 12.6. The minimum atomic E-state index is -0.0264. The molecule has 2 aromatic rings. The van der Waals surface area contributed by atoms with Crippen molar-refractivity contribution in [1.82, 2.24) is 5.32 Å². The number of ether oxygens (including phenoxy) is 1. The highest BCUT2D eigenvalue weighted by Crippen LogP contribution is 2.09. The van der Waals surface area contributed by atoms with Crippen molar-refractivity contribution in [3.8, 4) is 5.75 Å². The summed E-state index contributed by atoms with van der Waals surface area (Å²) < 4.78 is 5.58. The first-order valence-corrected chi connectivity index (χ1v) is 7.19. The number of carbonyl (C=O) groups excluding carboxylic acids is 1. The van der Waals surface area contributed by atoms with E-state index in [0.717, 1.165) is 28.9 Å². The van der Waals surface area contributed by atoms with E-state index in [1.54, 1.807) is 0 Å². The molecule has 0 aliphatic carbocycles. The molecule has 0 aromatic heterocycles. The number of nitrogens with one attached hydrogen (secondary N) is 1. The fraction of sp³-hybridized carbons (Fsp3) is 0.278. The smallest absolute Gasteiger partial charge is 0.251 e. The van der Waals surface area contributed by atoms with Gasteiger partial charge in [-0.3, -0.25) is 4.79 Å². The molecule has 1 N–H and O–H groups in total. The number of para-hydroxylation sites is 1. The average Bonchev–Trinajstić information content (AvgIpc) is 2.47. The molecule has 0 saturated heterocycles. The van der Waals surface area contributed by atoms with Crippen LogP contribution in [-0.4, -0.2) is 19.1 Å². The van der Waals surface area contributed by atoms with Crippen LogP contribution in [0.2, 0.25) is 0 Å². The molecule has 110 valence electrons. The van der Waals surface area contributed by atoms with Crippen molar-refractivity contribution in [1.29, 1.82) is 0 Å². The molecule has 0 heterocycles. The maximum absolute atomic E-state index is 12.0. The second-order valence-corrected chi connectivity index (χ2v) is 5.15. The van der Waals surface area contributed by atoms with E-state index in [0.29, 0.717) is 13.2 Å². The number of hydrogen-bond donors (Lipinski definition) is 1. The molecular weight excluding hydrogens is 262 g/mol. The standard InChI is InChI=1S/C18H21NO2/c1-14-11-15(2)13-16(12-14)18(20)19-9-6-10-21-17-7-4-3-5-8-17/h3-5,7-8,11-13H,6,9-10H2,1-2H3,(H,19,20). The molecule has 21 heavy (non-hydrogen) atoms. The average molecular weight is 283 g/mol. The third-order valence-corrected chi connectivity index (χ3v) is 3.10. The normalized spacial score (nSPS) is 10.2. The van der Waals surface area contributed by atoms with Gasteiger partial charge in [0.25, 0.3) is 5.91 Å². The first-order chi connectivity index (χ1) is 10.1. The van der Waals surface area contributed by atoms with E-state index < -0.39 is 0 Å². The van der Waals surface area contributed by atoms with Crippen LogP contribution in [0, 0.1) is 13.8 Å². The predicted octanol–water partition coefficient (Wildman–Crippen LogP) is 3.50. The molecule has 0 fully saturated rings. The van der Waals surface area contributed by atoms with Crippen LogP contribution in [0.1, 0.15) is 27.9 Å². The van der Waals surface area contributed by atoms with Gasteiger partial charge >= 0.3 is 0 Å². The first kappa shape index (κ1) is 15.1. The van der Waals surface area contributed by atoms with Gasteiger partial charge in [-0.25, -0.2) is 0 Å². The van der Waals surface area contributed by atoms with E-state index in [2.05, 4.69) is 11.4 Å². The molecule has 0 radical (unpaired) electrons. The van der Waals surface area contributed by atoms with Crippen LogP contribution in [-0.2, 0) is 0 Å². The van der Waals surface area contributed by atoms with E-state index in [1.807, 2.05) is 56.3 Å². The Balaban J connectivity index is 1.72. The van der Waals surface area contributed by atoms with Crippen LogP contribution in [0.25, 0.3) is 0 Å². The third kappa shape index (κ3) is 4.95. The lowest BCUT2D eigenvalue weighted by Gasteiger charge is -2.08. The third-order valence-electron chi connectivity index (χ3n) is 3.10. The van der Waals surface area contributed by atoms with Gasteiger partial charge in [-0.15, -0.1) is 0 Å². The second-order valence-electron chi connectivity index (χ2n) is 5.15. The van der Waals surface area contributed by atoms with Crippen molar-refractivity contribution in [2.45, 2.75) is 20.3 Å². The van der Waals surface area contributed by atoms with Gasteiger partial charge in [-0.05, 0) is 44.5 Å². The first-order valence-electron chi connectivity index (χ1n) is 7.19. The fourth-order valence-electron chi connectivity index (χ4n) is 2.19. The summed E-state index contributed by atoms with van der Waals surface area (Å²) >= 11 is 0. The maximum Gasteiger partial charge on any atom is 0.251 e. The summed E-state index contributed by atoms with van der Waals surface area (Å²) in [6.07, 6.45) is 0.783. The highest BCUT2D eigenvalue weighted by atomic mass is 16.5. The summed E-state index contributed by atoms with van der Waals surface area (Å²) in [4.78, 5) is 12.0. The van der Waals surface area contributed by atoms with Crippen LogP contribution in [0.5, 0.6) is 5.75 Å². The predicted molar refractivity (Wildman–Crippen MR) is 84.8 cm³/mol. The number of carbonyl (C=O) groups is 1. The molecule has 1 amide bonds. The molecule has 2 rings (SSSR count). The Morgan fingerprint density at radius 3 is 2.38 bits per heavy atom. The minimum Gasteiger partial charge on any atom is -0.494 e. The van der Waals surface area contributed by atoms with Crippen molar-refractivity contribution in [2.75, 3.05) is 13.2 Å². The summed E-state index contributed by atoms with van der Waals surface area (Å²) in [5.74, 6) is 0.833. The fourth-order valence-corrected chi connectivity index (χ4v) is 2.19. The van der Waals surface area contributed by atoms with Crippen molar-refractivity contribution in [2.24, 2.45) is 0 Å². The molecule has 0 bridgehead atoms. The number of hydrogen-bond acceptors (Lipinski definition) is 2. The van der Waals surface area contributed by atoms with Crippen LogP contribution >= 0.6 is 0 Å². The van der Waals surface area contributed by atoms with E-state index in [1.165, 1.54) is 0 Å². The summed E-state index contributed by atoms with van der Waals surface area (Å²) in [5.41, 5.74) is 2.93. The minimum absolute atomic E-state index is 0.0264. The zero-order chi connectivity index (χ0) is 15.1. The molecule has 0 saturated carbocycles. The van der Waals surface area contributed by atoms with Crippen molar-refractivity contribution in [3.05, 3.63) is 65.2 Å². The highest BCUT2D eigenvalue weighted by Gasteiger charge is 2.05. The number of aryl methyl sites for hydroxylation is 2. The lowest BCUT2D eigenvalue weighted by atomic mass is 10.1. The van der Waals surface area contributed by atoms with Gasteiger partial charge in [-0.2, -0.15) is 0 Å². The quantitative estimate of drug-likeness (QED) is 0.824. The Kier molecular flexibility index (Phi) is 5.38. The van der Waals surface area contributed by atoms with E-state index in [-0.39, 0.29) is 5.91 Å².